The first-order chi connectivity index (χ1) is 8.28. The maximum atomic E-state index is 5.89. The number of ether oxygens (including phenoxy) is 1. The Kier molecular flexibility index (Phi) is 5.22. The predicted octanol–water partition coefficient (Wildman–Crippen LogP) is 0.391. The van der Waals surface area contributed by atoms with Gasteiger partial charge in [0, 0.05) is 32.2 Å². The van der Waals surface area contributed by atoms with Crippen LogP contribution in [-0.2, 0) is 4.74 Å². The fourth-order valence-corrected chi connectivity index (χ4v) is 2.83. The fourth-order valence-electron chi connectivity index (χ4n) is 2.83. The summed E-state index contributed by atoms with van der Waals surface area (Å²) in [6, 6.07) is 0.614. The van der Waals surface area contributed by atoms with Crippen molar-refractivity contribution in [3.63, 3.8) is 0 Å². The van der Waals surface area contributed by atoms with Gasteiger partial charge in [0.2, 0.25) is 0 Å². The van der Waals surface area contributed by atoms with Crippen molar-refractivity contribution in [3.8, 4) is 0 Å². The number of hydrogen-bond donors (Lipinski definition) is 1. The molecule has 4 heteroatoms. The molecule has 2 rings (SSSR count). The molecule has 4 nitrogen and oxygen atoms in total. The quantitative estimate of drug-likeness (QED) is 0.774. The van der Waals surface area contributed by atoms with Crippen LogP contribution in [0.4, 0.5) is 0 Å². The molecular weight excluding hydrogens is 214 g/mol. The van der Waals surface area contributed by atoms with Gasteiger partial charge in [-0.3, -0.25) is 9.80 Å². The van der Waals surface area contributed by atoms with Crippen molar-refractivity contribution in [1.82, 2.24) is 15.1 Å². The van der Waals surface area contributed by atoms with Crippen LogP contribution in [0, 0.1) is 0 Å². The minimum Gasteiger partial charge on any atom is -0.374 e. The number of rotatable bonds is 3. The topological polar surface area (TPSA) is 27.7 Å². The zero-order valence-electron chi connectivity index (χ0n) is 11.3. The number of morpholine rings is 1. The van der Waals surface area contributed by atoms with Crippen molar-refractivity contribution in [1.29, 1.82) is 0 Å². The third-order valence-electron chi connectivity index (χ3n) is 3.81. The molecule has 0 aromatic rings. The van der Waals surface area contributed by atoms with Gasteiger partial charge in [0.25, 0.3) is 0 Å². The largest absolute Gasteiger partial charge is 0.374 e. The van der Waals surface area contributed by atoms with E-state index in [1.165, 1.54) is 13.0 Å². The van der Waals surface area contributed by atoms with E-state index in [2.05, 4.69) is 29.0 Å². The van der Waals surface area contributed by atoms with E-state index in [-0.39, 0.29) is 0 Å². The molecule has 0 saturated carbocycles. The van der Waals surface area contributed by atoms with Gasteiger partial charge < -0.3 is 10.1 Å². The van der Waals surface area contributed by atoms with Crippen LogP contribution in [0.2, 0.25) is 0 Å². The Morgan fingerprint density at radius 2 is 2.12 bits per heavy atom. The summed E-state index contributed by atoms with van der Waals surface area (Å²) >= 11 is 0. The van der Waals surface area contributed by atoms with E-state index in [0.29, 0.717) is 12.1 Å². The maximum Gasteiger partial charge on any atom is 0.0829 e. The predicted molar refractivity (Wildman–Crippen MR) is 70.4 cm³/mol. The molecule has 2 unspecified atom stereocenters. The second-order valence-electron chi connectivity index (χ2n) is 5.35. The number of likely N-dealkylation sites (N-methyl/N-ethyl adjacent to an activating group) is 1. The van der Waals surface area contributed by atoms with Gasteiger partial charge in [-0.2, -0.15) is 0 Å². The van der Waals surface area contributed by atoms with Crippen LogP contribution in [0.1, 0.15) is 20.3 Å². The molecule has 1 N–H and O–H groups in total. The average molecular weight is 241 g/mol. The molecule has 100 valence electrons. The van der Waals surface area contributed by atoms with Gasteiger partial charge in [-0.1, -0.05) is 6.92 Å². The lowest BCUT2D eigenvalue weighted by atomic mass is 10.2. The summed E-state index contributed by atoms with van der Waals surface area (Å²) < 4.78 is 5.89. The normalized spacial score (nSPS) is 33.5. The molecule has 0 aliphatic carbocycles. The summed E-state index contributed by atoms with van der Waals surface area (Å²) in [5.41, 5.74) is 0. The van der Waals surface area contributed by atoms with E-state index in [1.807, 2.05) is 0 Å². The zero-order chi connectivity index (χ0) is 12.1. The van der Waals surface area contributed by atoms with Crippen molar-refractivity contribution in [2.75, 3.05) is 52.4 Å². The third-order valence-corrected chi connectivity index (χ3v) is 3.81. The van der Waals surface area contributed by atoms with Crippen molar-refractivity contribution >= 4 is 0 Å². The standard InChI is InChI=1S/C13H27N3O/c1-3-15-7-8-17-13(10-15)11-16-6-4-5-14-12(2)9-16/h12-14H,3-11H2,1-2H3. The Morgan fingerprint density at radius 3 is 2.94 bits per heavy atom. The molecule has 2 atom stereocenters. The Hall–Kier alpha value is -0.160. The zero-order valence-corrected chi connectivity index (χ0v) is 11.3. The highest BCUT2D eigenvalue weighted by Gasteiger charge is 2.23. The van der Waals surface area contributed by atoms with Gasteiger partial charge in [-0.15, -0.1) is 0 Å². The Morgan fingerprint density at radius 1 is 1.24 bits per heavy atom. The molecule has 0 amide bonds. The van der Waals surface area contributed by atoms with Crippen molar-refractivity contribution in [3.05, 3.63) is 0 Å². The molecule has 0 spiro atoms. The van der Waals surface area contributed by atoms with Crippen LogP contribution < -0.4 is 5.32 Å². The van der Waals surface area contributed by atoms with E-state index < -0.39 is 0 Å². The van der Waals surface area contributed by atoms with Crippen LogP contribution in [0.5, 0.6) is 0 Å². The highest BCUT2D eigenvalue weighted by molar-refractivity contribution is 4.78. The molecule has 17 heavy (non-hydrogen) atoms. The second-order valence-corrected chi connectivity index (χ2v) is 5.35. The third kappa shape index (κ3) is 4.21. The van der Waals surface area contributed by atoms with Gasteiger partial charge in [0.15, 0.2) is 0 Å². The molecular formula is C13H27N3O. The van der Waals surface area contributed by atoms with E-state index >= 15 is 0 Å². The lowest BCUT2D eigenvalue weighted by molar-refractivity contribution is -0.0417. The smallest absolute Gasteiger partial charge is 0.0829 e. The summed E-state index contributed by atoms with van der Waals surface area (Å²) in [4.78, 5) is 5.06. The monoisotopic (exact) mass is 241 g/mol. The summed E-state index contributed by atoms with van der Waals surface area (Å²) in [5.74, 6) is 0. The van der Waals surface area contributed by atoms with E-state index in [4.69, 9.17) is 4.74 Å². The van der Waals surface area contributed by atoms with Crippen LogP contribution in [0.3, 0.4) is 0 Å². The molecule has 2 heterocycles. The summed E-state index contributed by atoms with van der Waals surface area (Å²) in [6.07, 6.45) is 1.67. The summed E-state index contributed by atoms with van der Waals surface area (Å²) in [6.45, 7) is 13.4. The minimum atomic E-state index is 0.411. The molecule has 2 saturated heterocycles. The van der Waals surface area contributed by atoms with E-state index in [0.717, 1.165) is 45.9 Å². The highest BCUT2D eigenvalue weighted by Crippen LogP contribution is 2.09. The first-order valence-electron chi connectivity index (χ1n) is 7.07. The molecule has 0 bridgehead atoms. The molecule has 0 aromatic heterocycles. The van der Waals surface area contributed by atoms with Gasteiger partial charge in [-0.25, -0.2) is 0 Å². The fraction of sp³-hybridized carbons (Fsp3) is 1.00. The summed E-state index contributed by atoms with van der Waals surface area (Å²) in [5, 5.41) is 3.54. The highest BCUT2D eigenvalue weighted by atomic mass is 16.5. The van der Waals surface area contributed by atoms with E-state index in [1.54, 1.807) is 0 Å². The van der Waals surface area contributed by atoms with Crippen LogP contribution >= 0.6 is 0 Å². The number of nitrogens with zero attached hydrogens (tertiary/aromatic N) is 2. The SMILES string of the molecule is CCN1CCOC(CN2CCCNC(C)C2)C1. The molecule has 2 aliphatic heterocycles. The summed E-state index contributed by atoms with van der Waals surface area (Å²) in [7, 11) is 0. The van der Waals surface area contributed by atoms with Crippen molar-refractivity contribution in [2.24, 2.45) is 0 Å². The first kappa shape index (κ1) is 13.3. The van der Waals surface area contributed by atoms with E-state index in [9.17, 15) is 0 Å². The van der Waals surface area contributed by atoms with Gasteiger partial charge >= 0.3 is 0 Å². The maximum absolute atomic E-state index is 5.89. The molecule has 0 radical (unpaired) electrons. The number of nitrogens with one attached hydrogen (secondary N) is 1. The Bertz CT molecular complexity index is 225. The van der Waals surface area contributed by atoms with Gasteiger partial charge in [0.05, 0.1) is 12.7 Å². The first-order valence-corrected chi connectivity index (χ1v) is 7.07. The van der Waals surface area contributed by atoms with Gasteiger partial charge in [0.1, 0.15) is 0 Å². The van der Waals surface area contributed by atoms with Crippen LogP contribution in [-0.4, -0.2) is 74.4 Å². The van der Waals surface area contributed by atoms with Crippen molar-refractivity contribution < 1.29 is 4.74 Å². The Balaban J connectivity index is 1.78. The average Bonchev–Trinajstić information content (AvgIpc) is 2.54. The lowest BCUT2D eigenvalue weighted by Gasteiger charge is -2.35. The number of hydrogen-bond acceptors (Lipinski definition) is 4. The van der Waals surface area contributed by atoms with Gasteiger partial charge in [-0.05, 0) is 33.0 Å². The van der Waals surface area contributed by atoms with Crippen molar-refractivity contribution in [2.45, 2.75) is 32.4 Å². The molecule has 0 aromatic carbocycles. The lowest BCUT2D eigenvalue weighted by Crippen LogP contribution is -2.48. The second kappa shape index (κ2) is 6.69. The Labute approximate surface area is 105 Å². The van der Waals surface area contributed by atoms with Crippen LogP contribution in [0.15, 0.2) is 0 Å². The minimum absolute atomic E-state index is 0.411. The molecule has 2 aliphatic rings. The molecule has 2 fully saturated rings. The van der Waals surface area contributed by atoms with Crippen LogP contribution in [0.25, 0.3) is 0 Å².